The van der Waals surface area contributed by atoms with Gasteiger partial charge in [-0.1, -0.05) is 0 Å². The third kappa shape index (κ3) is 16.7. The fraction of sp³-hybridized carbons (Fsp3) is 0.833. The molecule has 122 valence electrons. The third-order valence-electron chi connectivity index (χ3n) is 1.51. The van der Waals surface area contributed by atoms with E-state index >= 15 is 0 Å². The second kappa shape index (κ2) is 13.3. The number of aliphatic carboxylic acids is 1. The van der Waals surface area contributed by atoms with Gasteiger partial charge >= 0.3 is 51.5 Å². The van der Waals surface area contributed by atoms with E-state index in [2.05, 4.69) is 0 Å². The first-order valence-corrected chi connectivity index (χ1v) is 5.82. The molecule has 0 bridgehead atoms. The van der Waals surface area contributed by atoms with E-state index in [0.29, 0.717) is 0 Å². The maximum Gasteiger partial charge on any atom is 2.00 e. The Balaban J connectivity index is -0.0000000627. The molecule has 14 heteroatoms. The van der Waals surface area contributed by atoms with Crippen LogP contribution in [0.25, 0.3) is 0 Å². The fourth-order valence-corrected chi connectivity index (χ4v) is 0.668. The Labute approximate surface area is 146 Å². The Hall–Kier alpha value is 0.600. The average molecular weight is 353 g/mol. The Kier molecular flexibility index (Phi) is 19.1. The van der Waals surface area contributed by atoms with Crippen LogP contribution in [0, 0.1) is 0 Å². The van der Waals surface area contributed by atoms with Crippen molar-refractivity contribution in [3.63, 3.8) is 0 Å². The molecule has 0 saturated carbocycles. The van der Waals surface area contributed by atoms with Gasteiger partial charge in [0.05, 0.1) is 6.61 Å². The van der Waals surface area contributed by atoms with Crippen molar-refractivity contribution in [2.75, 3.05) is 6.61 Å². The van der Waals surface area contributed by atoms with Gasteiger partial charge in [-0.3, -0.25) is 0 Å². The number of phosphoric acid groups is 1. The minimum atomic E-state index is -4.64. The molecule has 0 aliphatic rings. The molecule has 0 fully saturated rings. The van der Waals surface area contributed by atoms with E-state index in [1.54, 1.807) is 0 Å². The van der Waals surface area contributed by atoms with Crippen LogP contribution in [0.2, 0.25) is 0 Å². The summed E-state index contributed by atoms with van der Waals surface area (Å²) in [4.78, 5) is 31.7. The van der Waals surface area contributed by atoms with Gasteiger partial charge in [0.25, 0.3) is 0 Å². The number of hydrogen-bond acceptors (Lipinski definition) is 8. The van der Waals surface area contributed by atoms with Gasteiger partial charge in [-0.15, -0.1) is 0 Å². The van der Waals surface area contributed by atoms with Crippen LogP contribution in [-0.2, 0) is 9.36 Å². The molecule has 0 aliphatic heterocycles. The monoisotopic (exact) mass is 353 g/mol. The second-order valence-electron chi connectivity index (χ2n) is 3.03. The van der Waals surface area contributed by atoms with Gasteiger partial charge in [0, 0.05) is 0 Å². The first-order chi connectivity index (χ1) is 7.91. The summed E-state index contributed by atoms with van der Waals surface area (Å²) >= 11 is 0. The van der Waals surface area contributed by atoms with Crippen molar-refractivity contribution in [1.29, 1.82) is 0 Å². The van der Waals surface area contributed by atoms with Crippen molar-refractivity contribution < 1.29 is 57.5 Å². The topological polar surface area (TPSA) is 251 Å². The number of carbonyl (C=O) groups is 1. The number of rotatable bonds is 5. The molecule has 12 N–H and O–H groups in total. The van der Waals surface area contributed by atoms with Crippen molar-refractivity contribution in [1.82, 2.24) is 6.15 Å². The quantitative estimate of drug-likeness (QED) is 0.166. The van der Waals surface area contributed by atoms with E-state index in [9.17, 15) is 4.79 Å². The van der Waals surface area contributed by atoms with E-state index in [1.165, 1.54) is 0 Å². The van der Waals surface area contributed by atoms with Gasteiger partial charge in [-0.25, -0.2) is 9.36 Å². The maximum atomic E-state index is 10.1. The van der Waals surface area contributed by atoms with Crippen LogP contribution in [0.3, 0.4) is 0 Å². The van der Waals surface area contributed by atoms with Crippen LogP contribution in [0.4, 0.5) is 0 Å². The Bertz CT molecular complexity index is 300. The first-order valence-electron chi connectivity index (χ1n) is 4.26. The van der Waals surface area contributed by atoms with Gasteiger partial charge in [-0.05, 0) is 0 Å². The van der Waals surface area contributed by atoms with Gasteiger partial charge < -0.3 is 54.3 Å². The number of carboxylic acid groups (broad SMARTS) is 1. The van der Waals surface area contributed by atoms with Crippen LogP contribution in [0.5, 0.6) is 0 Å². The third-order valence-corrected chi connectivity index (χ3v) is 1.51. The molecule has 0 aromatic heterocycles. The van der Waals surface area contributed by atoms with Crippen molar-refractivity contribution >= 4 is 51.5 Å². The predicted octanol–water partition coefficient (Wildman–Crippen LogP) is -4.42. The molecule has 0 aromatic rings. The summed E-state index contributed by atoms with van der Waals surface area (Å²) in [5.41, 5.74) is 0. The number of carboxylic acids is 1. The summed E-state index contributed by atoms with van der Waals surface area (Å²) in [5.74, 6) is -1.73. The van der Waals surface area contributed by atoms with Crippen molar-refractivity contribution in [2.24, 2.45) is 0 Å². The van der Waals surface area contributed by atoms with E-state index < -0.39 is 44.8 Å². The van der Waals surface area contributed by atoms with Crippen LogP contribution >= 0.6 is 7.82 Å². The van der Waals surface area contributed by atoms with Crippen molar-refractivity contribution in [3.8, 4) is 0 Å². The second-order valence-corrected chi connectivity index (χ2v) is 4.05. The molecule has 0 spiro atoms. The largest absolute Gasteiger partial charge is 2.00 e. The SMILES string of the molecule is N.O=C(O)[C@H](O)[C@@H](O)[C@H](O)[C@H](O)CO.O=P(O)(O)O.[Ca+2].[H-].[H-]. The van der Waals surface area contributed by atoms with E-state index in [0.717, 1.165) is 0 Å². The molecular formula is C6H20CaNO11P. The summed E-state index contributed by atoms with van der Waals surface area (Å²) in [6.07, 6.45) is -7.84. The van der Waals surface area contributed by atoms with Crippen molar-refractivity contribution in [3.05, 3.63) is 0 Å². The molecule has 0 amide bonds. The maximum absolute atomic E-state index is 10.1. The van der Waals surface area contributed by atoms with Crippen LogP contribution < -0.4 is 6.15 Å². The van der Waals surface area contributed by atoms with Gasteiger partial charge in [0.2, 0.25) is 0 Å². The molecular weight excluding hydrogens is 333 g/mol. The normalized spacial score (nSPS) is 16.2. The van der Waals surface area contributed by atoms with Crippen LogP contribution in [-0.4, -0.2) is 120 Å². The van der Waals surface area contributed by atoms with Crippen molar-refractivity contribution in [2.45, 2.75) is 24.4 Å². The van der Waals surface area contributed by atoms with Gasteiger partial charge in [0.15, 0.2) is 6.10 Å². The summed E-state index contributed by atoms with van der Waals surface area (Å²) in [6, 6.07) is 0. The molecule has 0 radical (unpaired) electrons. The Morgan fingerprint density at radius 1 is 1.05 bits per heavy atom. The smallest absolute Gasteiger partial charge is 1.00 e. The summed E-state index contributed by atoms with van der Waals surface area (Å²) in [5, 5.41) is 51.8. The molecule has 20 heavy (non-hydrogen) atoms. The summed E-state index contributed by atoms with van der Waals surface area (Å²) < 4.78 is 8.88. The first kappa shape index (κ1) is 28.7. The molecule has 0 saturated heterocycles. The van der Waals surface area contributed by atoms with E-state index in [-0.39, 0.29) is 46.7 Å². The number of hydrogen-bond donors (Lipinski definition) is 10. The minimum absolute atomic E-state index is 0. The summed E-state index contributed by atoms with van der Waals surface area (Å²) in [6.45, 7) is -0.843. The molecule has 12 nitrogen and oxygen atoms in total. The van der Waals surface area contributed by atoms with Gasteiger partial charge in [0.1, 0.15) is 18.3 Å². The average Bonchev–Trinajstić information content (AvgIpc) is 2.22. The standard InChI is InChI=1S/C6H12O7.Ca.H3N.H3O4P.2H/c7-1-2(8)3(9)4(10)5(11)6(12)13;;;1-5(2,3)4;;/h2-5,7-11H,1H2,(H,12,13);;1H3;(H3,1,2,3,4);;/q;+2;;;2*-1/t2-,3-,4+,5-;;;;;/m1...../s1. The molecule has 0 aliphatic carbocycles. The fourth-order valence-electron chi connectivity index (χ4n) is 0.668. The van der Waals surface area contributed by atoms with E-state index in [4.69, 9.17) is 49.9 Å². The molecule has 0 aromatic carbocycles. The zero-order valence-electron chi connectivity index (χ0n) is 12.2. The number of aliphatic hydroxyl groups is 5. The van der Waals surface area contributed by atoms with Crippen LogP contribution in [0.15, 0.2) is 0 Å². The molecule has 0 unspecified atom stereocenters. The summed E-state index contributed by atoms with van der Waals surface area (Å²) in [7, 11) is -4.64. The Morgan fingerprint density at radius 3 is 1.55 bits per heavy atom. The number of aliphatic hydroxyl groups excluding tert-OH is 5. The predicted molar refractivity (Wildman–Crippen MR) is 66.0 cm³/mol. The van der Waals surface area contributed by atoms with Crippen LogP contribution in [0.1, 0.15) is 2.85 Å². The van der Waals surface area contributed by atoms with E-state index in [1.807, 2.05) is 0 Å². The minimum Gasteiger partial charge on any atom is -1.00 e. The molecule has 0 heterocycles. The zero-order valence-corrected chi connectivity index (χ0v) is 13.3. The molecule has 0 rings (SSSR count). The zero-order chi connectivity index (χ0) is 15.1. The van der Waals surface area contributed by atoms with Gasteiger partial charge in [-0.2, -0.15) is 0 Å². The molecule has 4 atom stereocenters. The Morgan fingerprint density at radius 2 is 1.35 bits per heavy atom.